The number of anilines is 2. The number of rotatable bonds is 4. The Bertz CT molecular complexity index is 633. The Balaban J connectivity index is 2.37. The third-order valence-corrected chi connectivity index (χ3v) is 4.92. The van der Waals surface area contributed by atoms with Crippen molar-refractivity contribution in [2.45, 2.75) is 12.5 Å². The summed E-state index contributed by atoms with van der Waals surface area (Å²) in [6.07, 6.45) is 1.45. The SMILES string of the molecule is CN(c1nc(NN)ncc1[N+](=O)[O-])C1CCS(=O)(=O)C1. The maximum absolute atomic E-state index is 11.5. The molecule has 3 N–H and O–H groups in total. The standard InChI is InChI=1S/C9H14N6O4S/c1-14(6-2-3-20(18,19)5-6)8-7(15(16)17)4-11-9(12-8)13-10/h4,6H,2-3,5,10H2,1H3,(H,11,12,13). The second kappa shape index (κ2) is 5.17. The first-order valence-electron chi connectivity index (χ1n) is 5.75. The van der Waals surface area contributed by atoms with E-state index in [2.05, 4.69) is 15.4 Å². The highest BCUT2D eigenvalue weighted by atomic mass is 32.2. The lowest BCUT2D eigenvalue weighted by atomic mass is 10.2. The molecule has 20 heavy (non-hydrogen) atoms. The average molecular weight is 302 g/mol. The van der Waals surface area contributed by atoms with Crippen molar-refractivity contribution in [1.82, 2.24) is 9.97 Å². The van der Waals surface area contributed by atoms with Gasteiger partial charge in [-0.15, -0.1) is 0 Å². The highest BCUT2D eigenvalue weighted by molar-refractivity contribution is 7.91. The highest BCUT2D eigenvalue weighted by Crippen LogP contribution is 2.29. The summed E-state index contributed by atoms with van der Waals surface area (Å²) in [7, 11) is -1.52. The lowest BCUT2D eigenvalue weighted by Gasteiger charge is -2.24. The lowest BCUT2D eigenvalue weighted by molar-refractivity contribution is -0.384. The van der Waals surface area contributed by atoms with Gasteiger partial charge < -0.3 is 4.90 Å². The van der Waals surface area contributed by atoms with Crippen LogP contribution >= 0.6 is 0 Å². The summed E-state index contributed by atoms with van der Waals surface area (Å²) >= 11 is 0. The van der Waals surface area contributed by atoms with E-state index in [1.807, 2.05) is 0 Å². The first-order valence-corrected chi connectivity index (χ1v) is 7.57. The number of nitrogens with two attached hydrogens (primary N) is 1. The first kappa shape index (κ1) is 14.4. The highest BCUT2D eigenvalue weighted by Gasteiger charge is 2.34. The first-order chi connectivity index (χ1) is 9.34. The predicted molar refractivity (Wildman–Crippen MR) is 72.0 cm³/mol. The second-order valence-corrected chi connectivity index (χ2v) is 6.70. The van der Waals surface area contributed by atoms with E-state index in [1.54, 1.807) is 7.05 Å². The molecule has 1 saturated heterocycles. The number of hydrogen-bond acceptors (Lipinski definition) is 9. The summed E-state index contributed by atoms with van der Waals surface area (Å²) in [5.41, 5.74) is 1.91. The third-order valence-electron chi connectivity index (χ3n) is 3.17. The van der Waals surface area contributed by atoms with Gasteiger partial charge in [-0.25, -0.2) is 19.2 Å². The number of aromatic nitrogens is 2. The number of nitrogens with one attached hydrogen (secondary N) is 1. The summed E-state index contributed by atoms with van der Waals surface area (Å²) in [5.74, 6) is 5.28. The van der Waals surface area contributed by atoms with E-state index in [0.29, 0.717) is 6.42 Å². The van der Waals surface area contributed by atoms with Gasteiger partial charge in [0.15, 0.2) is 9.84 Å². The summed E-state index contributed by atoms with van der Waals surface area (Å²) in [6, 6.07) is -0.348. The van der Waals surface area contributed by atoms with Gasteiger partial charge in [0, 0.05) is 13.1 Å². The average Bonchev–Trinajstić information content (AvgIpc) is 2.77. The number of nitrogen functional groups attached to an aromatic ring is 1. The molecule has 0 radical (unpaired) electrons. The summed E-state index contributed by atoms with van der Waals surface area (Å²) in [6.45, 7) is 0. The molecular weight excluding hydrogens is 288 g/mol. The zero-order valence-corrected chi connectivity index (χ0v) is 11.5. The van der Waals surface area contributed by atoms with Gasteiger partial charge in [-0.1, -0.05) is 0 Å². The van der Waals surface area contributed by atoms with Gasteiger partial charge in [0.2, 0.25) is 11.8 Å². The fraction of sp³-hybridized carbons (Fsp3) is 0.556. The molecule has 1 aromatic rings. The molecule has 0 amide bonds. The molecule has 0 aromatic carbocycles. The Morgan fingerprint density at radius 2 is 2.30 bits per heavy atom. The van der Waals surface area contributed by atoms with Gasteiger partial charge in [0.1, 0.15) is 6.20 Å². The molecule has 1 atom stereocenters. The number of nitro groups is 1. The van der Waals surface area contributed by atoms with E-state index < -0.39 is 14.8 Å². The number of nitrogens with zero attached hydrogens (tertiary/aromatic N) is 4. The van der Waals surface area contributed by atoms with Crippen LogP contribution in [0.1, 0.15) is 6.42 Å². The van der Waals surface area contributed by atoms with Crippen molar-refractivity contribution < 1.29 is 13.3 Å². The molecule has 2 rings (SSSR count). The molecule has 1 fully saturated rings. The van der Waals surface area contributed by atoms with Crippen molar-refractivity contribution >= 4 is 27.3 Å². The molecule has 110 valence electrons. The smallest absolute Gasteiger partial charge is 0.329 e. The van der Waals surface area contributed by atoms with Crippen LogP contribution in [0.2, 0.25) is 0 Å². The van der Waals surface area contributed by atoms with E-state index in [1.165, 1.54) is 4.90 Å². The molecule has 1 aromatic heterocycles. The maximum Gasteiger partial charge on any atom is 0.329 e. The fourth-order valence-corrected chi connectivity index (χ4v) is 3.85. The van der Waals surface area contributed by atoms with Crippen LogP contribution in [0.25, 0.3) is 0 Å². The van der Waals surface area contributed by atoms with Crippen LogP contribution in [0.3, 0.4) is 0 Å². The van der Waals surface area contributed by atoms with E-state index in [4.69, 9.17) is 5.84 Å². The third kappa shape index (κ3) is 2.77. The van der Waals surface area contributed by atoms with E-state index >= 15 is 0 Å². The summed E-state index contributed by atoms with van der Waals surface area (Å²) in [5, 5.41) is 11.0. The topological polar surface area (TPSA) is 144 Å². The maximum atomic E-state index is 11.5. The minimum atomic E-state index is -3.09. The van der Waals surface area contributed by atoms with Gasteiger partial charge in [0.05, 0.1) is 16.4 Å². The van der Waals surface area contributed by atoms with Crippen molar-refractivity contribution in [3.63, 3.8) is 0 Å². The van der Waals surface area contributed by atoms with Crippen LogP contribution in [-0.4, -0.2) is 47.9 Å². The van der Waals surface area contributed by atoms with Crippen molar-refractivity contribution in [2.24, 2.45) is 5.84 Å². The molecule has 1 aliphatic heterocycles. The van der Waals surface area contributed by atoms with Crippen LogP contribution in [0.5, 0.6) is 0 Å². The zero-order chi connectivity index (χ0) is 14.9. The molecule has 2 heterocycles. The number of sulfone groups is 1. The Morgan fingerprint density at radius 1 is 1.60 bits per heavy atom. The molecule has 1 aliphatic rings. The van der Waals surface area contributed by atoms with Crippen LogP contribution in [0.4, 0.5) is 17.5 Å². The minimum Gasteiger partial charge on any atom is -0.350 e. The van der Waals surface area contributed by atoms with Gasteiger partial charge in [-0.3, -0.25) is 15.5 Å². The Hall–Kier alpha value is -2.01. The van der Waals surface area contributed by atoms with Crippen LogP contribution in [-0.2, 0) is 9.84 Å². The van der Waals surface area contributed by atoms with Crippen molar-refractivity contribution in [2.75, 3.05) is 28.9 Å². The predicted octanol–water partition coefficient (Wildman–Crippen LogP) is -0.706. The van der Waals surface area contributed by atoms with Crippen molar-refractivity contribution in [1.29, 1.82) is 0 Å². The molecular formula is C9H14N6O4S. The molecule has 0 saturated carbocycles. The fourth-order valence-electron chi connectivity index (χ4n) is 2.08. The lowest BCUT2D eigenvalue weighted by Crippen LogP contribution is -2.34. The van der Waals surface area contributed by atoms with E-state index in [9.17, 15) is 18.5 Å². The van der Waals surface area contributed by atoms with Crippen LogP contribution < -0.4 is 16.2 Å². The number of hydrogen-bond donors (Lipinski definition) is 2. The summed E-state index contributed by atoms with van der Waals surface area (Å²) in [4.78, 5) is 19.5. The zero-order valence-electron chi connectivity index (χ0n) is 10.7. The quantitative estimate of drug-likeness (QED) is 0.418. The summed E-state index contributed by atoms with van der Waals surface area (Å²) < 4.78 is 23.0. The van der Waals surface area contributed by atoms with Gasteiger partial charge >= 0.3 is 5.69 Å². The normalized spacial score (nSPS) is 20.6. The largest absolute Gasteiger partial charge is 0.350 e. The molecule has 0 spiro atoms. The van der Waals surface area contributed by atoms with Crippen LogP contribution in [0.15, 0.2) is 6.20 Å². The molecule has 0 aliphatic carbocycles. The van der Waals surface area contributed by atoms with Crippen molar-refractivity contribution in [3.05, 3.63) is 16.3 Å². The van der Waals surface area contributed by atoms with Crippen LogP contribution in [0, 0.1) is 10.1 Å². The molecule has 10 nitrogen and oxygen atoms in total. The van der Waals surface area contributed by atoms with E-state index in [-0.39, 0.29) is 35.0 Å². The molecule has 11 heteroatoms. The monoisotopic (exact) mass is 302 g/mol. The Labute approximate surface area is 115 Å². The Morgan fingerprint density at radius 3 is 2.80 bits per heavy atom. The van der Waals surface area contributed by atoms with Gasteiger partial charge in [0.25, 0.3) is 0 Å². The van der Waals surface area contributed by atoms with E-state index in [0.717, 1.165) is 6.20 Å². The molecule has 1 unspecified atom stereocenters. The Kier molecular flexibility index (Phi) is 3.72. The van der Waals surface area contributed by atoms with Gasteiger partial charge in [-0.05, 0) is 6.42 Å². The molecule has 0 bridgehead atoms. The second-order valence-electron chi connectivity index (χ2n) is 4.47. The van der Waals surface area contributed by atoms with Gasteiger partial charge in [-0.2, -0.15) is 4.98 Å². The van der Waals surface area contributed by atoms with Crippen molar-refractivity contribution in [3.8, 4) is 0 Å². The minimum absolute atomic E-state index is 0.0262. The number of hydrazine groups is 1.